The van der Waals surface area contributed by atoms with Crippen molar-refractivity contribution in [1.82, 2.24) is 14.9 Å². The number of carbonyl (C=O) groups is 3. The predicted octanol–water partition coefficient (Wildman–Crippen LogP) is 2.55. The zero-order valence-corrected chi connectivity index (χ0v) is 14.3. The normalized spacial score (nSPS) is 13.0. The monoisotopic (exact) mass is 357 g/mol. The third-order valence-electron chi connectivity index (χ3n) is 4.39. The highest BCUT2D eigenvalue weighted by atomic mass is 16.2. The van der Waals surface area contributed by atoms with Crippen LogP contribution in [0.25, 0.3) is 0 Å². The maximum absolute atomic E-state index is 12.6. The smallest absolute Gasteiger partial charge is 0.280 e. The van der Waals surface area contributed by atoms with Crippen LogP contribution < -0.4 is 0 Å². The Kier molecular flexibility index (Phi) is 4.30. The number of aromatic nitrogens is 2. The van der Waals surface area contributed by atoms with E-state index in [0.29, 0.717) is 6.42 Å². The zero-order chi connectivity index (χ0) is 18.8. The molecular weight excluding hydrogens is 342 g/mol. The van der Waals surface area contributed by atoms with Gasteiger partial charge in [0.15, 0.2) is 0 Å². The number of nitrogens with zero attached hydrogens (tertiary/aromatic N) is 3. The van der Waals surface area contributed by atoms with Gasteiger partial charge in [-0.05, 0) is 41.8 Å². The Morgan fingerprint density at radius 3 is 2.44 bits per heavy atom. The van der Waals surface area contributed by atoms with E-state index in [-0.39, 0.29) is 29.3 Å². The standard InChI is InChI=1S/C21H15N3O3/c25-18(13-24-20(26)16-7-4-9-23-19(16)21(24)27)17-12-15(8-10-22-17)11-14-5-2-1-3-6-14/h1-10,12H,11,13H2. The number of benzene rings is 1. The van der Waals surface area contributed by atoms with Gasteiger partial charge in [0, 0.05) is 12.4 Å². The Balaban J connectivity index is 1.52. The van der Waals surface area contributed by atoms with Crippen molar-refractivity contribution in [2.75, 3.05) is 6.54 Å². The molecule has 0 unspecified atom stereocenters. The van der Waals surface area contributed by atoms with Gasteiger partial charge in [-0.15, -0.1) is 0 Å². The Morgan fingerprint density at radius 1 is 0.852 bits per heavy atom. The number of rotatable bonds is 5. The molecule has 6 heteroatoms. The molecule has 0 spiro atoms. The average Bonchev–Trinajstić information content (AvgIpc) is 2.94. The fourth-order valence-corrected chi connectivity index (χ4v) is 3.05. The summed E-state index contributed by atoms with van der Waals surface area (Å²) in [5.41, 5.74) is 2.59. The van der Waals surface area contributed by atoms with Crippen LogP contribution in [0.5, 0.6) is 0 Å². The summed E-state index contributed by atoms with van der Waals surface area (Å²) >= 11 is 0. The summed E-state index contributed by atoms with van der Waals surface area (Å²) in [6.45, 7) is -0.351. The molecule has 2 amide bonds. The van der Waals surface area contributed by atoms with Crippen LogP contribution in [0.1, 0.15) is 42.5 Å². The Morgan fingerprint density at radius 2 is 1.67 bits per heavy atom. The van der Waals surface area contributed by atoms with E-state index in [0.717, 1.165) is 16.0 Å². The third kappa shape index (κ3) is 3.25. The van der Waals surface area contributed by atoms with Gasteiger partial charge >= 0.3 is 0 Å². The molecule has 6 nitrogen and oxygen atoms in total. The minimum absolute atomic E-state index is 0.0843. The van der Waals surface area contributed by atoms with Gasteiger partial charge in [-0.3, -0.25) is 29.3 Å². The molecule has 0 aliphatic carbocycles. The van der Waals surface area contributed by atoms with Crippen molar-refractivity contribution in [2.24, 2.45) is 0 Å². The van der Waals surface area contributed by atoms with Crippen LogP contribution >= 0.6 is 0 Å². The van der Waals surface area contributed by atoms with Crippen LogP contribution in [0.3, 0.4) is 0 Å². The van der Waals surface area contributed by atoms with Gasteiger partial charge in [0.25, 0.3) is 11.8 Å². The van der Waals surface area contributed by atoms with E-state index in [1.54, 1.807) is 18.3 Å². The van der Waals surface area contributed by atoms with Crippen LogP contribution in [0.2, 0.25) is 0 Å². The molecule has 0 bridgehead atoms. The number of carbonyl (C=O) groups excluding carboxylic acids is 3. The first-order valence-corrected chi connectivity index (χ1v) is 8.47. The van der Waals surface area contributed by atoms with Crippen molar-refractivity contribution in [2.45, 2.75) is 6.42 Å². The van der Waals surface area contributed by atoms with E-state index in [9.17, 15) is 14.4 Å². The lowest BCUT2D eigenvalue weighted by Crippen LogP contribution is -2.35. The molecule has 0 saturated carbocycles. The number of Topliss-reactive ketones (excluding diaryl/α,β-unsaturated/α-hetero) is 1. The number of hydrogen-bond donors (Lipinski definition) is 0. The first kappa shape index (κ1) is 16.8. The minimum atomic E-state index is -0.551. The molecule has 1 aliphatic heterocycles. The number of hydrogen-bond acceptors (Lipinski definition) is 5. The van der Waals surface area contributed by atoms with Crippen LogP contribution in [-0.4, -0.2) is 39.0 Å². The lowest BCUT2D eigenvalue weighted by atomic mass is 10.0. The predicted molar refractivity (Wildman–Crippen MR) is 97.4 cm³/mol. The van der Waals surface area contributed by atoms with Gasteiger partial charge in [0.2, 0.25) is 5.78 Å². The number of pyridine rings is 2. The fraction of sp³-hybridized carbons (Fsp3) is 0.0952. The molecule has 1 aromatic carbocycles. The van der Waals surface area contributed by atoms with Crippen molar-refractivity contribution in [3.05, 3.63) is 95.1 Å². The average molecular weight is 357 g/mol. The maximum Gasteiger partial charge on any atom is 0.280 e. The van der Waals surface area contributed by atoms with E-state index >= 15 is 0 Å². The molecule has 0 fully saturated rings. The molecule has 2 aromatic heterocycles. The highest BCUT2D eigenvalue weighted by Gasteiger charge is 2.37. The lowest BCUT2D eigenvalue weighted by Gasteiger charge is -2.12. The summed E-state index contributed by atoms with van der Waals surface area (Å²) in [6.07, 6.45) is 3.68. The summed E-state index contributed by atoms with van der Waals surface area (Å²) in [6, 6.07) is 16.5. The summed E-state index contributed by atoms with van der Waals surface area (Å²) in [4.78, 5) is 46.3. The second kappa shape index (κ2) is 6.92. The van der Waals surface area contributed by atoms with E-state index < -0.39 is 11.8 Å². The van der Waals surface area contributed by atoms with Gasteiger partial charge < -0.3 is 0 Å². The van der Waals surface area contributed by atoms with Gasteiger partial charge in [0.05, 0.1) is 12.1 Å². The first-order valence-electron chi connectivity index (χ1n) is 8.47. The molecule has 132 valence electrons. The highest BCUT2D eigenvalue weighted by Crippen LogP contribution is 2.20. The van der Waals surface area contributed by atoms with Crippen LogP contribution in [-0.2, 0) is 6.42 Å². The number of ketones is 1. The Hall–Kier alpha value is -3.67. The summed E-state index contributed by atoms with van der Waals surface area (Å²) in [5, 5.41) is 0. The van der Waals surface area contributed by atoms with Gasteiger partial charge in [0.1, 0.15) is 11.4 Å². The topological polar surface area (TPSA) is 80.2 Å². The van der Waals surface area contributed by atoms with Crippen molar-refractivity contribution in [3.8, 4) is 0 Å². The van der Waals surface area contributed by atoms with E-state index in [2.05, 4.69) is 9.97 Å². The number of imide groups is 1. The molecule has 4 rings (SSSR count). The van der Waals surface area contributed by atoms with Gasteiger partial charge in [-0.2, -0.15) is 0 Å². The Labute approximate surface area is 155 Å². The molecule has 0 atom stereocenters. The molecular formula is C21H15N3O3. The van der Waals surface area contributed by atoms with Gasteiger partial charge in [-0.25, -0.2) is 0 Å². The van der Waals surface area contributed by atoms with Gasteiger partial charge in [-0.1, -0.05) is 30.3 Å². The summed E-state index contributed by atoms with van der Waals surface area (Å²) in [7, 11) is 0. The molecule has 0 radical (unpaired) electrons. The van der Waals surface area contributed by atoms with Crippen LogP contribution in [0, 0.1) is 0 Å². The lowest BCUT2D eigenvalue weighted by molar-refractivity contribution is 0.0621. The van der Waals surface area contributed by atoms with Crippen molar-refractivity contribution in [1.29, 1.82) is 0 Å². The molecule has 1 aliphatic rings. The number of fused-ring (bicyclic) bond motifs is 1. The fourth-order valence-electron chi connectivity index (χ4n) is 3.05. The second-order valence-electron chi connectivity index (χ2n) is 6.23. The van der Waals surface area contributed by atoms with E-state index in [1.165, 1.54) is 12.3 Å². The molecule has 0 N–H and O–H groups in total. The molecule has 0 saturated heterocycles. The first-order chi connectivity index (χ1) is 13.1. The zero-order valence-electron chi connectivity index (χ0n) is 14.3. The van der Waals surface area contributed by atoms with E-state index in [4.69, 9.17) is 0 Å². The quantitative estimate of drug-likeness (QED) is 0.518. The van der Waals surface area contributed by atoms with E-state index in [1.807, 2.05) is 36.4 Å². The largest absolute Gasteiger partial charge is 0.290 e. The SMILES string of the molecule is O=C(CN1C(=O)c2cccnc2C1=O)c1cc(Cc2ccccc2)ccn1. The molecule has 3 aromatic rings. The summed E-state index contributed by atoms with van der Waals surface area (Å²) < 4.78 is 0. The molecule has 27 heavy (non-hydrogen) atoms. The highest BCUT2D eigenvalue weighted by molar-refractivity contribution is 6.22. The van der Waals surface area contributed by atoms with Crippen LogP contribution in [0.4, 0.5) is 0 Å². The van der Waals surface area contributed by atoms with Crippen molar-refractivity contribution in [3.63, 3.8) is 0 Å². The number of amides is 2. The van der Waals surface area contributed by atoms with Crippen molar-refractivity contribution < 1.29 is 14.4 Å². The second-order valence-corrected chi connectivity index (χ2v) is 6.23. The minimum Gasteiger partial charge on any atom is -0.290 e. The van der Waals surface area contributed by atoms with Crippen LogP contribution in [0.15, 0.2) is 67.0 Å². The third-order valence-corrected chi connectivity index (χ3v) is 4.39. The summed E-state index contributed by atoms with van der Waals surface area (Å²) in [5.74, 6) is -1.44. The van der Waals surface area contributed by atoms with Crippen molar-refractivity contribution >= 4 is 17.6 Å². The Bertz CT molecular complexity index is 1010. The maximum atomic E-state index is 12.6. The molecule has 3 heterocycles.